The summed E-state index contributed by atoms with van der Waals surface area (Å²) in [4.78, 5) is 27.5. The molecule has 0 fully saturated rings. The van der Waals surface area contributed by atoms with E-state index in [1.54, 1.807) is 0 Å². The molecule has 2 aromatic heterocycles. The summed E-state index contributed by atoms with van der Waals surface area (Å²) < 4.78 is 30.7. The van der Waals surface area contributed by atoms with Gasteiger partial charge in [0.1, 0.15) is 11.6 Å². The molecule has 0 atom stereocenters. The number of H-pyrrole nitrogens is 1. The van der Waals surface area contributed by atoms with E-state index in [4.69, 9.17) is 0 Å². The Kier molecular flexibility index (Phi) is 3.65. The maximum absolute atomic E-state index is 13.1. The summed E-state index contributed by atoms with van der Waals surface area (Å²) in [6, 6.07) is 0. The summed E-state index contributed by atoms with van der Waals surface area (Å²) in [6.07, 6.45) is 2.64. The first-order valence-electron chi connectivity index (χ1n) is 8.14. The van der Waals surface area contributed by atoms with Crippen molar-refractivity contribution in [1.82, 2.24) is 28.6 Å². The molecule has 11 heteroatoms. The van der Waals surface area contributed by atoms with Crippen molar-refractivity contribution >= 4 is 10.0 Å². The van der Waals surface area contributed by atoms with Crippen LogP contribution in [0.1, 0.15) is 30.2 Å². The van der Waals surface area contributed by atoms with E-state index in [9.17, 15) is 18.0 Å². The van der Waals surface area contributed by atoms with Gasteiger partial charge >= 0.3 is 11.1 Å². The number of hydrogen-bond acceptors (Lipinski definition) is 6. The molecule has 0 aliphatic carbocycles. The van der Waals surface area contributed by atoms with E-state index in [0.29, 0.717) is 12.2 Å². The van der Waals surface area contributed by atoms with Crippen molar-refractivity contribution in [3.8, 4) is 0 Å². The van der Waals surface area contributed by atoms with Gasteiger partial charge in [-0.25, -0.2) is 18.5 Å². The van der Waals surface area contributed by atoms with Crippen LogP contribution in [0.4, 0.5) is 0 Å². The molecule has 0 saturated carbocycles. The van der Waals surface area contributed by atoms with E-state index in [-0.39, 0.29) is 30.5 Å². The number of hydrogen-bond donors (Lipinski definition) is 1. The van der Waals surface area contributed by atoms with E-state index < -0.39 is 21.1 Å². The highest BCUT2D eigenvalue weighted by molar-refractivity contribution is 7.89. The molecule has 1 N–H and O–H groups in total. The maximum atomic E-state index is 13.1. The molecule has 0 amide bonds. The molecule has 4 heterocycles. The molecule has 134 valence electrons. The zero-order valence-corrected chi connectivity index (χ0v) is 14.5. The van der Waals surface area contributed by atoms with Crippen LogP contribution >= 0.6 is 0 Å². The van der Waals surface area contributed by atoms with Crippen molar-refractivity contribution in [2.75, 3.05) is 6.54 Å². The van der Waals surface area contributed by atoms with Crippen molar-refractivity contribution in [3.05, 3.63) is 38.1 Å². The lowest BCUT2D eigenvalue weighted by Gasteiger charge is -2.27. The minimum absolute atomic E-state index is 0.0697. The number of nitrogens with zero attached hydrogens (tertiary/aromatic N) is 5. The van der Waals surface area contributed by atoms with Crippen molar-refractivity contribution in [1.29, 1.82) is 0 Å². The number of aryl methyl sites for hydroxylation is 1. The minimum Gasteiger partial charge on any atom is -0.331 e. The van der Waals surface area contributed by atoms with Gasteiger partial charge in [0.05, 0.1) is 12.2 Å². The minimum atomic E-state index is -3.79. The third-order valence-electron chi connectivity index (χ3n) is 4.78. The second kappa shape index (κ2) is 5.63. The molecule has 25 heavy (non-hydrogen) atoms. The van der Waals surface area contributed by atoms with Crippen LogP contribution in [0.25, 0.3) is 0 Å². The van der Waals surface area contributed by atoms with Crippen molar-refractivity contribution in [3.63, 3.8) is 0 Å². The van der Waals surface area contributed by atoms with Gasteiger partial charge in [-0.2, -0.15) is 9.40 Å². The summed E-state index contributed by atoms with van der Waals surface area (Å²) in [7, 11) is -3.79. The predicted octanol–water partition coefficient (Wildman–Crippen LogP) is -1.02. The highest BCUT2D eigenvalue weighted by atomic mass is 32.2. The molecule has 2 aliphatic rings. The van der Waals surface area contributed by atoms with Crippen LogP contribution in [-0.4, -0.2) is 43.6 Å². The molecule has 0 aromatic carbocycles. The third-order valence-corrected chi connectivity index (χ3v) is 6.59. The Morgan fingerprint density at radius 2 is 1.88 bits per heavy atom. The second-order valence-electron chi connectivity index (χ2n) is 6.28. The summed E-state index contributed by atoms with van der Waals surface area (Å²) in [5, 5.41) is 6.04. The Hall–Kier alpha value is -2.27. The molecule has 2 aromatic rings. The van der Waals surface area contributed by atoms with E-state index in [1.807, 2.05) is 11.5 Å². The molecule has 0 radical (unpaired) electrons. The second-order valence-corrected chi connectivity index (χ2v) is 8.14. The highest BCUT2D eigenvalue weighted by Gasteiger charge is 2.35. The van der Waals surface area contributed by atoms with E-state index in [0.717, 1.165) is 25.1 Å². The fourth-order valence-electron chi connectivity index (χ4n) is 3.48. The van der Waals surface area contributed by atoms with Crippen molar-refractivity contribution in [2.45, 2.75) is 50.8 Å². The Morgan fingerprint density at radius 1 is 1.08 bits per heavy atom. The van der Waals surface area contributed by atoms with Crippen LogP contribution in [0.15, 0.2) is 14.6 Å². The maximum Gasteiger partial charge on any atom is 0.330 e. The zero-order chi connectivity index (χ0) is 17.8. The number of aromatic amines is 1. The Morgan fingerprint density at radius 3 is 2.68 bits per heavy atom. The number of imidazole rings is 1. The molecule has 10 nitrogen and oxygen atoms in total. The number of aromatic nitrogens is 5. The fraction of sp³-hybridized carbons (Fsp3) is 0.571. The molecule has 0 unspecified atom stereocenters. The summed E-state index contributed by atoms with van der Waals surface area (Å²) in [5.41, 5.74) is -0.766. The van der Waals surface area contributed by atoms with Crippen LogP contribution in [0, 0.1) is 6.92 Å². The zero-order valence-electron chi connectivity index (χ0n) is 13.7. The smallest absolute Gasteiger partial charge is 0.330 e. The number of sulfonamides is 1. The molecule has 0 spiro atoms. The van der Waals surface area contributed by atoms with Gasteiger partial charge in [-0.1, -0.05) is 0 Å². The highest BCUT2D eigenvalue weighted by Crippen LogP contribution is 2.27. The summed E-state index contributed by atoms with van der Waals surface area (Å²) >= 11 is 0. The van der Waals surface area contributed by atoms with Crippen LogP contribution < -0.4 is 11.1 Å². The first-order valence-corrected chi connectivity index (χ1v) is 9.58. The number of nitrogens with one attached hydrogen (secondary N) is 1. The third kappa shape index (κ3) is 2.45. The Bertz CT molecular complexity index is 1060. The lowest BCUT2D eigenvalue weighted by Crippen LogP contribution is -2.47. The Labute approximate surface area is 143 Å². The monoisotopic (exact) mass is 366 g/mol. The standard InChI is InChI=1S/C14H18N6O4S/c1-9-15-13(10-4-2-3-5-19(9)10)25(23,24)18-6-7-20-11(8-18)16-17-12(21)14(20)22/h2-8H2,1H3,(H,17,21). The SMILES string of the molecule is Cc1nc(S(=O)(=O)N2CCn3c(n[nH]c(=O)c3=O)C2)c2n1CCCC2. The lowest BCUT2D eigenvalue weighted by molar-refractivity contribution is 0.319. The average molecular weight is 366 g/mol. The van der Waals surface area contributed by atoms with E-state index in [1.165, 1.54) is 8.87 Å². The van der Waals surface area contributed by atoms with Gasteiger partial charge in [-0.15, -0.1) is 0 Å². The lowest BCUT2D eigenvalue weighted by atomic mass is 10.1. The first-order chi connectivity index (χ1) is 11.9. The van der Waals surface area contributed by atoms with Crippen molar-refractivity contribution in [2.24, 2.45) is 0 Å². The summed E-state index contributed by atoms with van der Waals surface area (Å²) in [6.45, 7) is 2.72. The molecular formula is C14H18N6O4S. The Balaban J connectivity index is 1.74. The van der Waals surface area contributed by atoms with Crippen LogP contribution in [0.3, 0.4) is 0 Å². The van der Waals surface area contributed by atoms with Gasteiger partial charge in [0.15, 0.2) is 5.03 Å². The van der Waals surface area contributed by atoms with Gasteiger partial charge in [0, 0.05) is 19.6 Å². The van der Waals surface area contributed by atoms with Crippen molar-refractivity contribution < 1.29 is 8.42 Å². The van der Waals surface area contributed by atoms with Gasteiger partial charge in [0.25, 0.3) is 10.0 Å². The number of rotatable bonds is 2. The summed E-state index contributed by atoms with van der Waals surface area (Å²) in [5.74, 6) is 0.925. The van der Waals surface area contributed by atoms with Crippen LogP contribution in [0.5, 0.6) is 0 Å². The predicted molar refractivity (Wildman–Crippen MR) is 86.6 cm³/mol. The van der Waals surface area contributed by atoms with Gasteiger partial charge in [-0.05, 0) is 26.2 Å². The fourth-order valence-corrected chi connectivity index (χ4v) is 5.09. The normalized spacial score (nSPS) is 18.0. The molecular weight excluding hydrogens is 348 g/mol. The molecule has 4 rings (SSSR count). The topological polar surface area (TPSA) is 123 Å². The molecule has 0 saturated heterocycles. The molecule has 2 aliphatic heterocycles. The quantitative estimate of drug-likeness (QED) is 0.679. The first kappa shape index (κ1) is 16.2. The largest absolute Gasteiger partial charge is 0.331 e. The van der Waals surface area contributed by atoms with Gasteiger partial charge < -0.3 is 4.57 Å². The molecule has 0 bridgehead atoms. The average Bonchev–Trinajstić information content (AvgIpc) is 2.96. The number of fused-ring (bicyclic) bond motifs is 2. The van der Waals surface area contributed by atoms with Gasteiger partial charge in [0.2, 0.25) is 0 Å². The van der Waals surface area contributed by atoms with Gasteiger partial charge in [-0.3, -0.25) is 14.2 Å². The van der Waals surface area contributed by atoms with E-state index >= 15 is 0 Å². The van der Waals surface area contributed by atoms with Crippen LogP contribution in [0.2, 0.25) is 0 Å². The van der Waals surface area contributed by atoms with E-state index in [2.05, 4.69) is 15.2 Å². The van der Waals surface area contributed by atoms with Crippen LogP contribution in [-0.2, 0) is 36.1 Å².